The van der Waals surface area contributed by atoms with Crippen molar-refractivity contribution in [2.24, 2.45) is 10.9 Å². The molecule has 0 atom stereocenters. The Hall–Kier alpha value is -0.170. The lowest BCUT2D eigenvalue weighted by Crippen LogP contribution is -2.39. The zero-order chi connectivity index (χ0) is 17.7. The molecule has 3 N–H and O–H groups in total. The van der Waals surface area contributed by atoms with Crippen LogP contribution >= 0.6 is 24.0 Å². The zero-order valence-corrected chi connectivity index (χ0v) is 18.4. The Bertz CT molecular complexity index is 456. The van der Waals surface area contributed by atoms with E-state index in [-0.39, 0.29) is 24.0 Å². The minimum absolute atomic E-state index is 0. The van der Waals surface area contributed by atoms with Crippen molar-refractivity contribution in [1.29, 1.82) is 0 Å². The van der Waals surface area contributed by atoms with Gasteiger partial charge in [0, 0.05) is 53.1 Å². The van der Waals surface area contributed by atoms with Crippen LogP contribution in [0, 0.1) is 5.92 Å². The van der Waals surface area contributed by atoms with Crippen molar-refractivity contribution >= 4 is 40.0 Å². The molecule has 10 heteroatoms. The van der Waals surface area contributed by atoms with Gasteiger partial charge >= 0.3 is 0 Å². The molecule has 0 aromatic carbocycles. The first-order valence-electron chi connectivity index (χ1n) is 8.56. The van der Waals surface area contributed by atoms with Gasteiger partial charge in [-0.3, -0.25) is 4.99 Å². The maximum atomic E-state index is 10.9. The Labute approximate surface area is 169 Å². The average Bonchev–Trinajstić information content (AvgIpc) is 2.55. The molecule has 1 aliphatic rings. The van der Waals surface area contributed by atoms with E-state index in [1.807, 2.05) is 0 Å². The molecule has 25 heavy (non-hydrogen) atoms. The first-order valence-corrected chi connectivity index (χ1v) is 10.4. The highest BCUT2D eigenvalue weighted by molar-refractivity contribution is 14.0. The van der Waals surface area contributed by atoms with Crippen LogP contribution in [0.5, 0.6) is 0 Å². The Morgan fingerprint density at radius 1 is 1.16 bits per heavy atom. The third-order valence-electron chi connectivity index (χ3n) is 3.69. The summed E-state index contributed by atoms with van der Waals surface area (Å²) < 4.78 is 35.3. The molecule has 1 rings (SSSR count). The second-order valence-electron chi connectivity index (χ2n) is 5.93. The summed E-state index contributed by atoms with van der Waals surface area (Å²) in [6.45, 7) is 5.14. The molecule has 0 bridgehead atoms. The van der Waals surface area contributed by atoms with E-state index in [0.29, 0.717) is 25.4 Å². The van der Waals surface area contributed by atoms with Gasteiger partial charge in [0.15, 0.2) is 5.96 Å². The SMILES string of the molecule is CN=C(NCCCNS(C)(=O)=O)NCCCOCC1CCOCC1.I. The van der Waals surface area contributed by atoms with Crippen molar-refractivity contribution in [3.8, 4) is 0 Å². The number of rotatable bonds is 11. The Morgan fingerprint density at radius 3 is 2.40 bits per heavy atom. The quantitative estimate of drug-likeness (QED) is 0.169. The predicted octanol–water partition coefficient (Wildman–Crippen LogP) is 0.542. The molecule has 1 aliphatic heterocycles. The molecule has 1 fully saturated rings. The summed E-state index contributed by atoms with van der Waals surface area (Å²) in [5.41, 5.74) is 0. The fraction of sp³-hybridized carbons (Fsp3) is 0.933. The van der Waals surface area contributed by atoms with Gasteiger partial charge in [0.2, 0.25) is 10.0 Å². The highest BCUT2D eigenvalue weighted by atomic mass is 127. The van der Waals surface area contributed by atoms with Crippen molar-refractivity contribution in [3.63, 3.8) is 0 Å². The van der Waals surface area contributed by atoms with Crippen LogP contribution in [0.3, 0.4) is 0 Å². The normalized spacial score (nSPS) is 16.3. The van der Waals surface area contributed by atoms with Crippen LogP contribution in [-0.2, 0) is 19.5 Å². The van der Waals surface area contributed by atoms with Gasteiger partial charge in [0.05, 0.1) is 6.26 Å². The number of ether oxygens (including phenoxy) is 2. The molecule has 0 spiro atoms. The van der Waals surface area contributed by atoms with E-state index in [1.54, 1.807) is 7.05 Å². The van der Waals surface area contributed by atoms with Gasteiger partial charge in [-0.05, 0) is 31.6 Å². The molecule has 1 saturated heterocycles. The van der Waals surface area contributed by atoms with Crippen LogP contribution in [0.15, 0.2) is 4.99 Å². The second kappa shape index (κ2) is 14.9. The Morgan fingerprint density at radius 2 is 1.80 bits per heavy atom. The molecule has 0 radical (unpaired) electrons. The topological polar surface area (TPSA) is 101 Å². The van der Waals surface area contributed by atoms with E-state index < -0.39 is 10.0 Å². The van der Waals surface area contributed by atoms with Crippen LogP contribution in [0.25, 0.3) is 0 Å². The van der Waals surface area contributed by atoms with Gasteiger partial charge in [-0.25, -0.2) is 13.1 Å². The lowest BCUT2D eigenvalue weighted by atomic mass is 10.0. The standard InChI is InChI=1S/C15H32N4O4S.HI/c1-16-15(17-7-3-9-19-24(2,20)21)18-8-4-10-23-13-14-5-11-22-12-6-14;/h14,19H,3-13H2,1-2H3,(H2,16,17,18);1H. The maximum absolute atomic E-state index is 10.9. The molecule has 8 nitrogen and oxygen atoms in total. The van der Waals surface area contributed by atoms with Gasteiger partial charge in [-0.1, -0.05) is 0 Å². The van der Waals surface area contributed by atoms with E-state index in [2.05, 4.69) is 20.3 Å². The Balaban J connectivity index is 0.00000576. The number of guanidine groups is 1. The molecular formula is C15H33IN4O4S. The van der Waals surface area contributed by atoms with Gasteiger partial charge in [-0.2, -0.15) is 0 Å². The minimum Gasteiger partial charge on any atom is -0.381 e. The first kappa shape index (κ1) is 24.8. The zero-order valence-electron chi connectivity index (χ0n) is 15.3. The highest BCUT2D eigenvalue weighted by Crippen LogP contribution is 2.14. The summed E-state index contributed by atoms with van der Waals surface area (Å²) in [6, 6.07) is 0. The summed E-state index contributed by atoms with van der Waals surface area (Å²) >= 11 is 0. The van der Waals surface area contributed by atoms with E-state index >= 15 is 0 Å². The minimum atomic E-state index is -3.11. The molecule has 0 aliphatic carbocycles. The highest BCUT2D eigenvalue weighted by Gasteiger charge is 2.13. The number of nitrogens with zero attached hydrogens (tertiary/aromatic N) is 1. The average molecular weight is 492 g/mol. The molecular weight excluding hydrogens is 459 g/mol. The van der Waals surface area contributed by atoms with Crippen molar-refractivity contribution in [2.45, 2.75) is 25.7 Å². The summed E-state index contributed by atoms with van der Waals surface area (Å²) in [7, 11) is -1.39. The molecule has 0 saturated carbocycles. The van der Waals surface area contributed by atoms with Gasteiger partial charge in [-0.15, -0.1) is 24.0 Å². The number of sulfonamides is 1. The third kappa shape index (κ3) is 14.7. The monoisotopic (exact) mass is 492 g/mol. The summed E-state index contributed by atoms with van der Waals surface area (Å²) in [5, 5.41) is 6.36. The van der Waals surface area contributed by atoms with Gasteiger partial charge in [0.25, 0.3) is 0 Å². The van der Waals surface area contributed by atoms with Crippen LogP contribution in [0.2, 0.25) is 0 Å². The molecule has 0 amide bonds. The lowest BCUT2D eigenvalue weighted by molar-refractivity contribution is 0.0203. The lowest BCUT2D eigenvalue weighted by Gasteiger charge is -2.21. The van der Waals surface area contributed by atoms with Crippen molar-refractivity contribution in [2.75, 3.05) is 59.4 Å². The maximum Gasteiger partial charge on any atom is 0.208 e. The Kier molecular flexibility index (Phi) is 14.8. The molecule has 150 valence electrons. The van der Waals surface area contributed by atoms with Crippen molar-refractivity contribution in [1.82, 2.24) is 15.4 Å². The van der Waals surface area contributed by atoms with Crippen LogP contribution in [0.4, 0.5) is 0 Å². The van der Waals surface area contributed by atoms with Crippen molar-refractivity contribution in [3.05, 3.63) is 0 Å². The van der Waals surface area contributed by atoms with E-state index in [0.717, 1.165) is 64.5 Å². The summed E-state index contributed by atoms with van der Waals surface area (Å²) in [5.74, 6) is 1.36. The number of halogens is 1. The van der Waals surface area contributed by atoms with E-state index in [4.69, 9.17) is 9.47 Å². The second-order valence-corrected chi connectivity index (χ2v) is 7.76. The largest absolute Gasteiger partial charge is 0.381 e. The van der Waals surface area contributed by atoms with E-state index in [9.17, 15) is 8.42 Å². The molecule has 1 heterocycles. The van der Waals surface area contributed by atoms with E-state index in [1.165, 1.54) is 0 Å². The van der Waals surface area contributed by atoms with Crippen LogP contribution < -0.4 is 15.4 Å². The number of nitrogens with one attached hydrogen (secondary N) is 3. The van der Waals surface area contributed by atoms with Crippen LogP contribution in [-0.4, -0.2) is 73.7 Å². The van der Waals surface area contributed by atoms with Crippen LogP contribution in [0.1, 0.15) is 25.7 Å². The predicted molar refractivity (Wildman–Crippen MR) is 111 cm³/mol. The third-order valence-corrected chi connectivity index (χ3v) is 4.41. The number of aliphatic imine (C=N–C) groups is 1. The van der Waals surface area contributed by atoms with Crippen molar-refractivity contribution < 1.29 is 17.9 Å². The molecule has 0 aromatic heterocycles. The fourth-order valence-electron chi connectivity index (χ4n) is 2.32. The summed E-state index contributed by atoms with van der Waals surface area (Å²) in [4.78, 5) is 4.13. The molecule has 0 unspecified atom stereocenters. The number of hydrogen-bond acceptors (Lipinski definition) is 5. The molecule has 0 aromatic rings. The fourth-order valence-corrected chi connectivity index (χ4v) is 2.83. The number of hydrogen-bond donors (Lipinski definition) is 3. The van der Waals surface area contributed by atoms with Gasteiger partial charge in [0.1, 0.15) is 0 Å². The van der Waals surface area contributed by atoms with Gasteiger partial charge < -0.3 is 20.1 Å². The summed E-state index contributed by atoms with van der Waals surface area (Å²) in [6.07, 6.45) is 4.97. The smallest absolute Gasteiger partial charge is 0.208 e. The first-order chi connectivity index (χ1) is 11.5.